The van der Waals surface area contributed by atoms with Gasteiger partial charge in [-0.1, -0.05) is 49.9 Å². The highest BCUT2D eigenvalue weighted by Crippen LogP contribution is 2.09. The topological polar surface area (TPSA) is 3.24 Å². The van der Waals surface area contributed by atoms with Crippen molar-refractivity contribution in [3.05, 3.63) is 42.5 Å². The molecule has 1 saturated heterocycles. The maximum atomic E-state index is 3.63. The van der Waals surface area contributed by atoms with Gasteiger partial charge in [0.25, 0.3) is 0 Å². The van der Waals surface area contributed by atoms with Crippen molar-refractivity contribution in [3.8, 4) is 0 Å². The van der Waals surface area contributed by atoms with Crippen LogP contribution >= 0.6 is 12.6 Å². The zero-order chi connectivity index (χ0) is 12.4. The number of hydrogen-bond acceptors (Lipinski definition) is 2. The predicted molar refractivity (Wildman–Crippen MR) is 78.1 cm³/mol. The van der Waals surface area contributed by atoms with Gasteiger partial charge in [-0.05, 0) is 24.8 Å². The van der Waals surface area contributed by atoms with Gasteiger partial charge in [0.05, 0.1) is 0 Å². The maximum absolute atomic E-state index is 3.63. The van der Waals surface area contributed by atoms with Gasteiger partial charge < -0.3 is 4.90 Å². The first-order valence-electron chi connectivity index (χ1n) is 5.53. The van der Waals surface area contributed by atoms with Crippen molar-refractivity contribution in [2.45, 2.75) is 6.92 Å². The minimum atomic E-state index is 0.968. The van der Waals surface area contributed by atoms with E-state index < -0.39 is 0 Å². The third-order valence-electron chi connectivity index (χ3n) is 2.28. The van der Waals surface area contributed by atoms with Gasteiger partial charge in [-0.2, -0.15) is 12.6 Å². The van der Waals surface area contributed by atoms with Gasteiger partial charge in [-0.3, -0.25) is 0 Å². The van der Waals surface area contributed by atoms with Crippen molar-refractivity contribution in [1.29, 1.82) is 0 Å². The second-order valence-electron chi connectivity index (χ2n) is 3.94. The van der Waals surface area contributed by atoms with Crippen LogP contribution in [-0.2, 0) is 0 Å². The minimum Gasteiger partial charge on any atom is -0.306 e. The smallest absolute Gasteiger partial charge is 0.00163 e. The number of hydrogen-bond donors (Lipinski definition) is 1. The number of rotatable bonds is 1. The normalized spacial score (nSPS) is 14.8. The van der Waals surface area contributed by atoms with Gasteiger partial charge in [0.2, 0.25) is 0 Å². The van der Waals surface area contributed by atoms with Gasteiger partial charge in [0.15, 0.2) is 0 Å². The van der Waals surface area contributed by atoms with Crippen molar-refractivity contribution >= 4 is 18.7 Å². The summed E-state index contributed by atoms with van der Waals surface area (Å²) in [4.78, 5) is 2.32. The lowest BCUT2D eigenvalue weighted by molar-refractivity contribution is 0.149. The van der Waals surface area contributed by atoms with Crippen LogP contribution in [0, 0.1) is 5.92 Å². The molecule has 1 aliphatic heterocycles. The average Bonchev–Trinajstić information content (AvgIpc) is 2.32. The molecule has 1 fully saturated rings. The summed E-state index contributed by atoms with van der Waals surface area (Å²) in [5, 5.41) is 0. The largest absolute Gasteiger partial charge is 0.306 e. The lowest BCUT2D eigenvalue weighted by Gasteiger charge is -2.33. The minimum absolute atomic E-state index is 0.968. The summed E-state index contributed by atoms with van der Waals surface area (Å²) in [5.74, 6) is 0.968. The molecule has 2 heteroatoms. The SMILES string of the molecule is C=Cc1ccccc1.CC1CN(C)C1.CS. The molecule has 0 N–H and O–H groups in total. The quantitative estimate of drug-likeness (QED) is 0.732. The monoisotopic (exact) mass is 237 g/mol. The van der Waals surface area contributed by atoms with Gasteiger partial charge in [0, 0.05) is 13.1 Å². The van der Waals surface area contributed by atoms with Crippen LogP contribution in [0.3, 0.4) is 0 Å². The summed E-state index contributed by atoms with van der Waals surface area (Å²) >= 11 is 3.53. The first-order chi connectivity index (χ1) is 7.72. The van der Waals surface area contributed by atoms with Gasteiger partial charge in [-0.25, -0.2) is 0 Å². The number of likely N-dealkylation sites (tertiary alicyclic amines) is 1. The summed E-state index contributed by atoms with van der Waals surface area (Å²) in [6.07, 6.45) is 3.53. The molecule has 0 spiro atoms. The number of benzene rings is 1. The van der Waals surface area contributed by atoms with Crippen molar-refractivity contribution in [2.75, 3.05) is 26.4 Å². The van der Waals surface area contributed by atoms with Crippen LogP contribution < -0.4 is 0 Å². The molecular formula is C14H23NS. The molecule has 0 aromatic heterocycles. The Bertz CT molecular complexity index is 259. The Morgan fingerprint density at radius 1 is 1.25 bits per heavy atom. The van der Waals surface area contributed by atoms with E-state index in [0.29, 0.717) is 0 Å². The molecule has 1 aromatic rings. The fourth-order valence-corrected chi connectivity index (χ4v) is 1.60. The molecule has 1 aliphatic rings. The van der Waals surface area contributed by atoms with E-state index in [4.69, 9.17) is 0 Å². The van der Waals surface area contributed by atoms with Crippen LogP contribution in [0.1, 0.15) is 12.5 Å². The zero-order valence-electron chi connectivity index (χ0n) is 10.6. The average molecular weight is 237 g/mol. The van der Waals surface area contributed by atoms with Crippen LogP contribution in [0.15, 0.2) is 36.9 Å². The highest BCUT2D eigenvalue weighted by Gasteiger charge is 2.16. The zero-order valence-corrected chi connectivity index (χ0v) is 11.5. The highest BCUT2D eigenvalue weighted by molar-refractivity contribution is 7.79. The van der Waals surface area contributed by atoms with E-state index in [9.17, 15) is 0 Å². The standard InChI is InChI=1S/C8H8.C5H11N.CH4S/c1-2-8-6-4-3-5-7-8;1-5-3-6(2)4-5;1-2/h2-7H,1H2;5H,3-4H2,1-2H3;2H,1H3. The molecule has 0 amide bonds. The van der Waals surface area contributed by atoms with Gasteiger partial charge in [0.1, 0.15) is 0 Å². The summed E-state index contributed by atoms with van der Waals surface area (Å²) in [7, 11) is 2.15. The third kappa shape index (κ3) is 6.70. The Morgan fingerprint density at radius 3 is 1.94 bits per heavy atom. The molecule has 1 aromatic carbocycles. The van der Waals surface area contributed by atoms with E-state index in [-0.39, 0.29) is 0 Å². The molecule has 2 rings (SSSR count). The Hall–Kier alpha value is -0.730. The van der Waals surface area contributed by atoms with E-state index in [1.807, 2.05) is 36.4 Å². The molecule has 90 valence electrons. The Labute approximate surface area is 106 Å². The fourth-order valence-electron chi connectivity index (χ4n) is 1.60. The molecule has 0 bridgehead atoms. The fraction of sp³-hybridized carbons (Fsp3) is 0.429. The lowest BCUT2D eigenvalue weighted by atomic mass is 10.1. The van der Waals surface area contributed by atoms with Gasteiger partial charge >= 0.3 is 0 Å². The van der Waals surface area contributed by atoms with Crippen LogP contribution in [0.2, 0.25) is 0 Å². The van der Waals surface area contributed by atoms with Crippen LogP contribution in [-0.4, -0.2) is 31.3 Å². The first-order valence-corrected chi connectivity index (χ1v) is 6.42. The van der Waals surface area contributed by atoms with E-state index in [0.717, 1.165) is 5.92 Å². The second kappa shape index (κ2) is 9.49. The van der Waals surface area contributed by atoms with E-state index in [1.54, 1.807) is 6.26 Å². The molecule has 16 heavy (non-hydrogen) atoms. The predicted octanol–water partition coefficient (Wildman–Crippen LogP) is 3.44. The van der Waals surface area contributed by atoms with Crippen molar-refractivity contribution in [1.82, 2.24) is 4.90 Å². The van der Waals surface area contributed by atoms with Crippen molar-refractivity contribution < 1.29 is 0 Å². The lowest BCUT2D eigenvalue weighted by Crippen LogP contribution is -2.41. The van der Waals surface area contributed by atoms with E-state index >= 15 is 0 Å². The molecule has 0 radical (unpaired) electrons. The molecule has 0 saturated carbocycles. The molecular weight excluding hydrogens is 214 g/mol. The van der Waals surface area contributed by atoms with Crippen molar-refractivity contribution in [2.24, 2.45) is 5.92 Å². The molecule has 0 atom stereocenters. The molecule has 1 heterocycles. The first kappa shape index (κ1) is 15.3. The second-order valence-corrected chi connectivity index (χ2v) is 3.94. The van der Waals surface area contributed by atoms with Crippen LogP contribution in [0.4, 0.5) is 0 Å². The van der Waals surface area contributed by atoms with Gasteiger partial charge in [-0.15, -0.1) is 0 Å². The Morgan fingerprint density at radius 2 is 1.75 bits per heavy atom. The highest BCUT2D eigenvalue weighted by atomic mass is 32.1. The Balaban J connectivity index is 0.000000251. The summed E-state index contributed by atoms with van der Waals surface area (Å²) in [6.45, 7) is 8.52. The summed E-state index contributed by atoms with van der Waals surface area (Å²) < 4.78 is 0. The van der Waals surface area contributed by atoms with Crippen molar-refractivity contribution in [3.63, 3.8) is 0 Å². The van der Waals surface area contributed by atoms with E-state index in [1.165, 1.54) is 18.7 Å². The van der Waals surface area contributed by atoms with Crippen LogP contribution in [0.25, 0.3) is 6.08 Å². The molecule has 1 nitrogen and oxygen atoms in total. The molecule has 0 aliphatic carbocycles. The van der Waals surface area contributed by atoms with Crippen LogP contribution in [0.5, 0.6) is 0 Å². The maximum Gasteiger partial charge on any atom is 0.00163 e. The summed E-state index contributed by atoms with van der Waals surface area (Å²) in [6, 6.07) is 10.0. The van der Waals surface area contributed by atoms with E-state index in [2.05, 4.69) is 38.1 Å². The summed E-state index contributed by atoms with van der Waals surface area (Å²) in [5.41, 5.74) is 1.17. The number of thiol groups is 1. The Kier molecular flexibility index (Phi) is 9.06. The number of nitrogens with zero attached hydrogens (tertiary/aromatic N) is 1. The molecule has 0 unspecified atom stereocenters. The third-order valence-corrected chi connectivity index (χ3v) is 2.28.